The molecule has 0 unspecified atom stereocenters. The highest BCUT2D eigenvalue weighted by molar-refractivity contribution is 9.10. The lowest BCUT2D eigenvalue weighted by molar-refractivity contribution is 1.29. The monoisotopic (exact) mass is 488 g/mol. The summed E-state index contributed by atoms with van der Waals surface area (Å²) in [6, 6.07) is 28.9. The topological polar surface area (TPSA) is 25.8 Å². The number of rotatable bonds is 2. The van der Waals surface area contributed by atoms with Crippen molar-refractivity contribution in [1.82, 2.24) is 9.97 Å². The van der Waals surface area contributed by atoms with E-state index in [9.17, 15) is 0 Å². The molecule has 0 aliphatic carbocycles. The highest BCUT2D eigenvalue weighted by atomic mass is 79.9. The van der Waals surface area contributed by atoms with E-state index in [1.165, 1.54) is 10.8 Å². The first-order chi connectivity index (χ1) is 13.7. The number of aromatic nitrogens is 2. The Morgan fingerprint density at radius 2 is 0.964 bits per heavy atom. The number of hydrogen-bond acceptors (Lipinski definition) is 2. The first kappa shape index (κ1) is 17.5. The zero-order valence-electron chi connectivity index (χ0n) is 14.7. The Morgan fingerprint density at radius 3 is 1.39 bits per heavy atom. The van der Waals surface area contributed by atoms with E-state index in [1.54, 1.807) is 0 Å². The summed E-state index contributed by atoms with van der Waals surface area (Å²) >= 11 is 7.16. The van der Waals surface area contributed by atoms with Crippen molar-refractivity contribution in [2.45, 2.75) is 0 Å². The van der Waals surface area contributed by atoms with Crippen molar-refractivity contribution in [2.24, 2.45) is 0 Å². The van der Waals surface area contributed by atoms with Crippen molar-refractivity contribution in [1.29, 1.82) is 0 Å². The van der Waals surface area contributed by atoms with Crippen LogP contribution in [0.1, 0.15) is 0 Å². The van der Waals surface area contributed by atoms with Crippen LogP contribution >= 0.6 is 31.9 Å². The van der Waals surface area contributed by atoms with Crippen LogP contribution in [0.4, 0.5) is 0 Å². The van der Waals surface area contributed by atoms with E-state index in [2.05, 4.69) is 80.4 Å². The SMILES string of the molecule is Brc1cccc(-c2nc3cc4ccccc4cc3nc2-c2cccc(Br)c2)c1. The second-order valence-electron chi connectivity index (χ2n) is 6.63. The third-order valence-electron chi connectivity index (χ3n) is 4.73. The van der Waals surface area contributed by atoms with Gasteiger partial charge in [-0.3, -0.25) is 0 Å². The Labute approximate surface area is 179 Å². The lowest BCUT2D eigenvalue weighted by Gasteiger charge is -2.12. The molecule has 0 amide bonds. The van der Waals surface area contributed by atoms with Gasteiger partial charge in [0.05, 0.1) is 22.4 Å². The van der Waals surface area contributed by atoms with Crippen LogP contribution < -0.4 is 0 Å². The van der Waals surface area contributed by atoms with Crippen LogP contribution in [0, 0.1) is 0 Å². The van der Waals surface area contributed by atoms with Crippen LogP contribution in [-0.4, -0.2) is 9.97 Å². The summed E-state index contributed by atoms with van der Waals surface area (Å²) in [6.07, 6.45) is 0. The normalized spacial score (nSPS) is 11.2. The molecule has 0 saturated carbocycles. The van der Waals surface area contributed by atoms with Crippen molar-refractivity contribution < 1.29 is 0 Å². The van der Waals surface area contributed by atoms with Crippen molar-refractivity contribution in [2.75, 3.05) is 0 Å². The number of benzene rings is 4. The molecular formula is C24H14Br2N2. The molecule has 0 aliphatic heterocycles. The molecule has 0 aliphatic rings. The third kappa shape index (κ3) is 3.23. The molecule has 0 atom stereocenters. The smallest absolute Gasteiger partial charge is 0.0973 e. The fourth-order valence-electron chi connectivity index (χ4n) is 3.42. The van der Waals surface area contributed by atoms with Gasteiger partial charge < -0.3 is 0 Å². The molecule has 1 aromatic heterocycles. The summed E-state index contributed by atoms with van der Waals surface area (Å²) in [5.41, 5.74) is 5.61. The molecule has 0 N–H and O–H groups in total. The zero-order valence-corrected chi connectivity index (χ0v) is 17.9. The lowest BCUT2D eigenvalue weighted by Crippen LogP contribution is -1.96. The molecule has 2 nitrogen and oxygen atoms in total. The minimum Gasteiger partial charge on any atom is -0.244 e. The molecule has 5 rings (SSSR count). The van der Waals surface area contributed by atoms with Gasteiger partial charge in [-0.15, -0.1) is 0 Å². The minimum atomic E-state index is 0.877. The summed E-state index contributed by atoms with van der Waals surface area (Å²) in [6.45, 7) is 0. The van der Waals surface area contributed by atoms with E-state index in [1.807, 2.05) is 36.4 Å². The predicted octanol–water partition coefficient (Wildman–Crippen LogP) is 7.64. The number of fused-ring (bicyclic) bond motifs is 2. The number of hydrogen-bond donors (Lipinski definition) is 0. The van der Waals surface area contributed by atoms with Gasteiger partial charge in [0.15, 0.2) is 0 Å². The van der Waals surface area contributed by atoms with Crippen LogP contribution in [0.5, 0.6) is 0 Å². The van der Waals surface area contributed by atoms with Crippen molar-refractivity contribution in [3.05, 3.63) is 93.9 Å². The highest BCUT2D eigenvalue weighted by Crippen LogP contribution is 2.34. The van der Waals surface area contributed by atoms with Gasteiger partial charge in [0.2, 0.25) is 0 Å². The van der Waals surface area contributed by atoms with Gasteiger partial charge in [-0.1, -0.05) is 80.4 Å². The van der Waals surface area contributed by atoms with Crippen LogP contribution in [-0.2, 0) is 0 Å². The van der Waals surface area contributed by atoms with Crippen molar-refractivity contribution >= 4 is 53.7 Å². The fraction of sp³-hybridized carbons (Fsp3) is 0. The lowest BCUT2D eigenvalue weighted by atomic mass is 10.0. The first-order valence-corrected chi connectivity index (χ1v) is 10.5. The van der Waals surface area contributed by atoms with Gasteiger partial charge in [0.25, 0.3) is 0 Å². The van der Waals surface area contributed by atoms with Gasteiger partial charge in [0, 0.05) is 20.1 Å². The molecule has 4 heteroatoms. The summed E-state index contributed by atoms with van der Waals surface area (Å²) in [7, 11) is 0. The molecule has 0 bridgehead atoms. The van der Waals surface area contributed by atoms with E-state index >= 15 is 0 Å². The van der Waals surface area contributed by atoms with Gasteiger partial charge in [-0.05, 0) is 47.2 Å². The summed E-state index contributed by atoms with van der Waals surface area (Å²) in [5, 5.41) is 2.33. The molecule has 0 saturated heterocycles. The van der Waals surface area contributed by atoms with E-state index in [0.717, 1.165) is 42.5 Å². The average molecular weight is 490 g/mol. The summed E-state index contributed by atoms with van der Waals surface area (Å²) in [4.78, 5) is 10.1. The number of halogens is 2. The van der Waals surface area contributed by atoms with Crippen LogP contribution in [0.25, 0.3) is 44.3 Å². The fourth-order valence-corrected chi connectivity index (χ4v) is 4.21. The Kier molecular flexibility index (Phi) is 4.46. The Morgan fingerprint density at radius 1 is 0.500 bits per heavy atom. The zero-order chi connectivity index (χ0) is 19.1. The maximum Gasteiger partial charge on any atom is 0.0973 e. The van der Waals surface area contributed by atoms with Gasteiger partial charge in [-0.25, -0.2) is 9.97 Å². The van der Waals surface area contributed by atoms with Crippen molar-refractivity contribution in [3.8, 4) is 22.5 Å². The third-order valence-corrected chi connectivity index (χ3v) is 5.71. The largest absolute Gasteiger partial charge is 0.244 e. The summed E-state index contributed by atoms with van der Waals surface area (Å²) < 4.78 is 2.04. The van der Waals surface area contributed by atoms with E-state index in [4.69, 9.17) is 9.97 Å². The second-order valence-corrected chi connectivity index (χ2v) is 8.46. The maximum atomic E-state index is 5.04. The molecule has 5 aromatic rings. The quantitative estimate of drug-likeness (QED) is 0.238. The molecular weight excluding hydrogens is 476 g/mol. The van der Waals surface area contributed by atoms with Crippen LogP contribution in [0.3, 0.4) is 0 Å². The molecule has 0 fully saturated rings. The summed E-state index contributed by atoms with van der Waals surface area (Å²) in [5.74, 6) is 0. The van der Waals surface area contributed by atoms with Crippen LogP contribution in [0.15, 0.2) is 93.9 Å². The second kappa shape index (κ2) is 7.12. The molecule has 4 aromatic carbocycles. The highest BCUT2D eigenvalue weighted by Gasteiger charge is 2.14. The van der Waals surface area contributed by atoms with E-state index in [0.29, 0.717) is 0 Å². The molecule has 28 heavy (non-hydrogen) atoms. The van der Waals surface area contributed by atoms with Crippen LogP contribution in [0.2, 0.25) is 0 Å². The van der Waals surface area contributed by atoms with E-state index in [-0.39, 0.29) is 0 Å². The van der Waals surface area contributed by atoms with Gasteiger partial charge in [-0.2, -0.15) is 0 Å². The Balaban J connectivity index is 1.86. The maximum absolute atomic E-state index is 5.04. The predicted molar refractivity (Wildman–Crippen MR) is 123 cm³/mol. The molecule has 1 heterocycles. The average Bonchev–Trinajstić information content (AvgIpc) is 2.71. The minimum absolute atomic E-state index is 0.877. The van der Waals surface area contributed by atoms with E-state index < -0.39 is 0 Å². The molecule has 0 spiro atoms. The molecule has 0 radical (unpaired) electrons. The van der Waals surface area contributed by atoms with Crippen molar-refractivity contribution in [3.63, 3.8) is 0 Å². The molecule has 134 valence electrons. The standard InChI is InChI=1S/C24H14Br2N2/c25-19-9-3-7-17(11-19)23-24(18-8-4-10-20(26)12-18)28-22-14-16-6-2-1-5-15(16)13-21(22)27-23/h1-14H. The Hall–Kier alpha value is -2.56. The van der Waals surface area contributed by atoms with Gasteiger partial charge >= 0.3 is 0 Å². The Bertz CT molecular complexity index is 1240. The number of nitrogens with zero attached hydrogens (tertiary/aromatic N) is 2. The first-order valence-electron chi connectivity index (χ1n) is 8.90. The van der Waals surface area contributed by atoms with Gasteiger partial charge in [0.1, 0.15) is 0 Å².